The fourth-order valence-corrected chi connectivity index (χ4v) is 7.96. The Labute approximate surface area is 247 Å². The number of unbranched alkanes of at least 4 members (excludes halogenated alkanes) is 10. The molecular formula is C34H48O4Sn. The largest absolute Gasteiger partial charge is 0.545 e. The summed E-state index contributed by atoms with van der Waals surface area (Å²) in [4.78, 5) is 22.8. The van der Waals surface area contributed by atoms with E-state index in [9.17, 15) is 19.8 Å². The summed E-state index contributed by atoms with van der Waals surface area (Å²) in [5, 5.41) is 22.8. The quantitative estimate of drug-likeness (QED) is 0.0940. The van der Waals surface area contributed by atoms with E-state index in [2.05, 4.69) is 13.8 Å². The van der Waals surface area contributed by atoms with Crippen LogP contribution in [0.15, 0.2) is 71.8 Å². The molecule has 0 radical (unpaired) electrons. The minimum absolute atomic E-state index is 0.0146. The van der Waals surface area contributed by atoms with Crippen LogP contribution in [0, 0.1) is 0 Å². The molecule has 0 heterocycles. The number of rotatable bonds is 20. The summed E-state index contributed by atoms with van der Waals surface area (Å²) in [6.45, 7) is 4.60. The van der Waals surface area contributed by atoms with Crippen LogP contribution in [0.2, 0.25) is 8.87 Å². The first-order valence-corrected chi connectivity index (χ1v) is 19.0. The maximum atomic E-state index is 11.4. The average Bonchev–Trinajstić information content (AvgIpc) is 2.94. The predicted molar refractivity (Wildman–Crippen MR) is 159 cm³/mol. The van der Waals surface area contributed by atoms with Gasteiger partial charge < -0.3 is 19.8 Å². The second-order valence-electron chi connectivity index (χ2n) is 10.1. The van der Waals surface area contributed by atoms with E-state index in [1.54, 1.807) is 82.4 Å². The molecule has 0 amide bonds. The monoisotopic (exact) mass is 640 g/mol. The first-order chi connectivity index (χ1) is 19.0. The van der Waals surface area contributed by atoms with Crippen molar-refractivity contribution in [3.05, 3.63) is 82.9 Å². The molecule has 0 spiro atoms. The van der Waals surface area contributed by atoms with Crippen molar-refractivity contribution in [3.63, 3.8) is 0 Å². The van der Waals surface area contributed by atoms with E-state index in [4.69, 9.17) is 0 Å². The molecule has 4 nitrogen and oxygen atoms in total. The Balaban J connectivity index is 0.000000406. The van der Waals surface area contributed by atoms with Crippen LogP contribution in [0.3, 0.4) is 0 Å². The Bertz CT molecular complexity index is 849. The van der Waals surface area contributed by atoms with Gasteiger partial charge in [0.1, 0.15) is 0 Å². The molecule has 0 saturated heterocycles. The fourth-order valence-electron chi connectivity index (χ4n) is 4.39. The Kier molecular flexibility index (Phi) is 21.3. The van der Waals surface area contributed by atoms with E-state index in [0.29, 0.717) is 11.1 Å². The molecule has 0 bridgehead atoms. The summed E-state index contributed by atoms with van der Waals surface area (Å²) in [6, 6.07) is 17.6. The minimum Gasteiger partial charge on any atom is -0.545 e. The van der Waals surface area contributed by atoms with Crippen LogP contribution in [0.4, 0.5) is 0 Å². The van der Waals surface area contributed by atoms with Crippen LogP contribution >= 0.6 is 0 Å². The molecule has 2 rings (SSSR count). The van der Waals surface area contributed by atoms with Crippen molar-refractivity contribution < 1.29 is 19.8 Å². The summed E-state index contributed by atoms with van der Waals surface area (Å²) in [5.41, 5.74) is 0.895. The molecule has 0 N–H and O–H groups in total. The zero-order valence-corrected chi connectivity index (χ0v) is 27.1. The van der Waals surface area contributed by atoms with Crippen molar-refractivity contribution in [3.8, 4) is 0 Å². The smallest absolute Gasteiger partial charge is 0.0681 e. The molecule has 0 aliphatic rings. The van der Waals surface area contributed by atoms with Crippen molar-refractivity contribution in [2.75, 3.05) is 0 Å². The van der Waals surface area contributed by atoms with Gasteiger partial charge in [-0.05, 0) is 35.1 Å². The normalized spacial score (nSPS) is 11.1. The van der Waals surface area contributed by atoms with E-state index < -0.39 is 11.9 Å². The van der Waals surface area contributed by atoms with Gasteiger partial charge in [0.25, 0.3) is 0 Å². The number of carbonyl (C=O) groups excluding carboxylic acids is 2. The van der Waals surface area contributed by atoms with E-state index >= 15 is 0 Å². The van der Waals surface area contributed by atoms with Gasteiger partial charge in [-0.1, -0.05) is 60.7 Å². The Hall–Kier alpha value is -2.08. The molecule has 0 fully saturated rings. The number of carboxylic acid groups (broad SMARTS) is 2. The molecule has 0 atom stereocenters. The third kappa shape index (κ3) is 18.0. The van der Waals surface area contributed by atoms with Crippen molar-refractivity contribution in [2.45, 2.75) is 113 Å². The molecule has 0 saturated carbocycles. The van der Waals surface area contributed by atoms with Gasteiger partial charge in [0.2, 0.25) is 0 Å². The summed E-state index contributed by atoms with van der Waals surface area (Å²) in [5.74, 6) is -2.97. The zero-order valence-electron chi connectivity index (χ0n) is 24.2. The number of hydrogen-bond acceptors (Lipinski definition) is 4. The van der Waals surface area contributed by atoms with Gasteiger partial charge in [0.05, 0.1) is 11.9 Å². The number of carboxylic acids is 2. The van der Waals surface area contributed by atoms with Crippen LogP contribution in [-0.2, 0) is 22.4 Å². The Morgan fingerprint density at radius 3 is 1.21 bits per heavy atom. The third-order valence-electron chi connectivity index (χ3n) is 6.72. The first kappa shape index (κ1) is 34.9. The third-order valence-corrected chi connectivity index (χ3v) is 10.8. The van der Waals surface area contributed by atoms with Crippen molar-refractivity contribution in [2.24, 2.45) is 0 Å². The van der Waals surface area contributed by atoms with Gasteiger partial charge in [0, 0.05) is 0 Å². The van der Waals surface area contributed by atoms with E-state index in [-0.39, 0.29) is 45.1 Å². The van der Waals surface area contributed by atoms with Crippen LogP contribution in [0.5, 0.6) is 0 Å². The summed E-state index contributed by atoms with van der Waals surface area (Å²) >= 11 is 0.0736. The molecular weight excluding hydrogens is 591 g/mol. The maximum absolute atomic E-state index is 11.4. The number of aliphatic carboxylic acids is 2. The topological polar surface area (TPSA) is 80.3 Å². The van der Waals surface area contributed by atoms with E-state index in [1.807, 2.05) is 0 Å². The van der Waals surface area contributed by atoms with Gasteiger partial charge in [-0.25, -0.2) is 0 Å². The van der Waals surface area contributed by atoms with Crippen LogP contribution in [0.1, 0.15) is 102 Å². The Morgan fingerprint density at radius 2 is 0.872 bits per heavy atom. The minimum atomic E-state index is -1.49. The number of carbonyl (C=O) groups is 2. The summed E-state index contributed by atoms with van der Waals surface area (Å²) in [6.07, 6.45) is 17.8. The van der Waals surface area contributed by atoms with Crippen molar-refractivity contribution in [1.29, 1.82) is 0 Å². The van der Waals surface area contributed by atoms with E-state index in [1.165, 1.54) is 64.2 Å². The van der Waals surface area contributed by atoms with Crippen LogP contribution in [-0.4, -0.2) is 33.1 Å². The first-order valence-electron chi connectivity index (χ1n) is 14.9. The molecule has 212 valence electrons. The van der Waals surface area contributed by atoms with Gasteiger partial charge in [-0.2, -0.15) is 0 Å². The SMILES string of the molecule is CCCCCCC[CH2][Sn+2][CH2]CCCCCCC.O=C([O-])/C(Cc1ccccc1)=C(/Cc1ccccc1)C(=O)[O-]. The van der Waals surface area contributed by atoms with Crippen LogP contribution < -0.4 is 10.2 Å². The molecule has 2 aromatic carbocycles. The van der Waals surface area contributed by atoms with E-state index in [0.717, 1.165) is 0 Å². The molecule has 0 unspecified atom stereocenters. The standard InChI is InChI=1S/C18H16O4.2C8H17.Sn/c19-17(20)15(11-13-7-3-1-4-8-13)16(18(21)22)12-14-9-5-2-6-10-14;2*1-3-5-7-8-6-4-2;/h1-10H,11-12H2,(H,19,20)(H,21,22);2*1,3-8H2,2H3;/q;;;+2/p-2/b16-15-;;;. The molecule has 0 aliphatic heterocycles. The average molecular weight is 639 g/mol. The predicted octanol–water partition coefficient (Wildman–Crippen LogP) is 6.52. The van der Waals surface area contributed by atoms with Crippen LogP contribution in [0.25, 0.3) is 0 Å². The molecule has 0 aromatic heterocycles. The van der Waals surface area contributed by atoms with Gasteiger partial charge in [-0.3, -0.25) is 0 Å². The number of benzene rings is 2. The number of hydrogen-bond donors (Lipinski definition) is 0. The van der Waals surface area contributed by atoms with Crippen molar-refractivity contribution in [1.82, 2.24) is 0 Å². The van der Waals surface area contributed by atoms with Gasteiger partial charge >= 0.3 is 121 Å². The second kappa shape index (κ2) is 23.8. The summed E-state index contributed by atoms with van der Waals surface area (Å²) in [7, 11) is 0. The fraction of sp³-hybridized carbons (Fsp3) is 0.529. The molecule has 39 heavy (non-hydrogen) atoms. The van der Waals surface area contributed by atoms with Gasteiger partial charge in [-0.15, -0.1) is 0 Å². The molecule has 0 aliphatic carbocycles. The summed E-state index contributed by atoms with van der Waals surface area (Å²) < 4.78 is 3.31. The second-order valence-corrected chi connectivity index (χ2v) is 14.4. The van der Waals surface area contributed by atoms with Gasteiger partial charge in [0.15, 0.2) is 0 Å². The Morgan fingerprint density at radius 1 is 0.538 bits per heavy atom. The zero-order chi connectivity index (χ0) is 28.6. The molecule has 5 heteroatoms. The maximum Gasteiger partial charge on any atom is 0.0681 e. The molecule has 2 aromatic rings. The van der Waals surface area contributed by atoms with Crippen molar-refractivity contribution >= 4 is 33.1 Å².